The Hall–Kier alpha value is -3.64. The lowest BCUT2D eigenvalue weighted by Crippen LogP contribution is -2.36. The molecule has 3 N–H and O–H groups in total. The van der Waals surface area contributed by atoms with E-state index in [2.05, 4.69) is 30.8 Å². The van der Waals surface area contributed by atoms with Gasteiger partial charge in [0.1, 0.15) is 10.8 Å². The van der Waals surface area contributed by atoms with Gasteiger partial charge in [-0.3, -0.25) is 4.79 Å². The van der Waals surface area contributed by atoms with E-state index < -0.39 is 6.29 Å². The molecule has 1 aromatic heterocycles. The first-order valence-corrected chi connectivity index (χ1v) is 13.9. The van der Waals surface area contributed by atoms with Crippen molar-refractivity contribution in [3.63, 3.8) is 0 Å². The highest BCUT2D eigenvalue weighted by Crippen LogP contribution is 2.36. The number of halogens is 1. The normalized spacial score (nSPS) is 15.2. The zero-order valence-electron chi connectivity index (χ0n) is 23.5. The molecule has 0 bridgehead atoms. The van der Waals surface area contributed by atoms with E-state index in [0.717, 1.165) is 59.8 Å². The third kappa shape index (κ3) is 6.82. The van der Waals surface area contributed by atoms with Crippen molar-refractivity contribution in [3.8, 4) is 5.75 Å². The van der Waals surface area contributed by atoms with Crippen molar-refractivity contribution in [3.05, 3.63) is 52.7 Å². The van der Waals surface area contributed by atoms with Crippen LogP contribution in [0.4, 0.5) is 34.5 Å². The van der Waals surface area contributed by atoms with Gasteiger partial charge in [-0.05, 0) is 48.2 Å². The Bertz CT molecular complexity index is 1380. The number of fused-ring (bicyclic) bond motifs is 1. The van der Waals surface area contributed by atoms with Gasteiger partial charge in [0.15, 0.2) is 12.1 Å². The number of nitrogens with one attached hydrogen (secondary N) is 3. The summed E-state index contributed by atoms with van der Waals surface area (Å²) in [6.45, 7) is 3.06. The van der Waals surface area contributed by atoms with Crippen molar-refractivity contribution in [1.82, 2.24) is 9.97 Å². The minimum absolute atomic E-state index is 0.00981. The predicted molar refractivity (Wildman–Crippen MR) is 159 cm³/mol. The van der Waals surface area contributed by atoms with Crippen molar-refractivity contribution in [2.45, 2.75) is 32.0 Å². The number of methoxy groups -OCH3 is 3. The van der Waals surface area contributed by atoms with Gasteiger partial charge in [0.2, 0.25) is 11.9 Å². The molecule has 11 nitrogen and oxygen atoms in total. The Morgan fingerprint density at radius 3 is 2.61 bits per heavy atom. The summed E-state index contributed by atoms with van der Waals surface area (Å²) in [4.78, 5) is 23.6. The van der Waals surface area contributed by atoms with Crippen LogP contribution in [0.2, 0.25) is 5.02 Å². The van der Waals surface area contributed by atoms with Crippen LogP contribution in [0.3, 0.4) is 0 Å². The van der Waals surface area contributed by atoms with Gasteiger partial charge in [-0.2, -0.15) is 4.98 Å². The first-order valence-electron chi connectivity index (χ1n) is 13.6. The van der Waals surface area contributed by atoms with Gasteiger partial charge in [0, 0.05) is 63.3 Å². The van der Waals surface area contributed by atoms with E-state index in [9.17, 15) is 4.79 Å². The topological polar surface area (TPSA) is 119 Å². The van der Waals surface area contributed by atoms with Crippen LogP contribution < -0.4 is 25.6 Å². The standard InChI is InChI=1S/C29H35ClN6O5/c1-38-25-15-18(36-11-13-41-14-12-36)7-8-24(25)33-28-21(30)17-31-29(35-28)34-23-10-9-22-19(5-4-6-26(37)32-22)20(23)16-27(39-2)40-3/h7-10,15,17,27H,4-6,11-14,16H2,1-3H3,(H,32,37)(H2,31,33,34,35). The number of anilines is 6. The minimum Gasteiger partial charge on any atom is -0.494 e. The van der Waals surface area contributed by atoms with Crippen LogP contribution in [0.15, 0.2) is 36.5 Å². The van der Waals surface area contributed by atoms with Crippen LogP contribution in [-0.4, -0.2) is 69.8 Å². The van der Waals surface area contributed by atoms with Crippen LogP contribution in [0, 0.1) is 0 Å². The monoisotopic (exact) mass is 582 g/mol. The van der Waals surface area contributed by atoms with E-state index >= 15 is 0 Å². The number of benzene rings is 2. The number of aromatic nitrogens is 2. The van der Waals surface area contributed by atoms with Crippen molar-refractivity contribution >= 4 is 52.0 Å². The smallest absolute Gasteiger partial charge is 0.229 e. The lowest BCUT2D eigenvalue weighted by atomic mass is 9.96. The number of hydrogen-bond acceptors (Lipinski definition) is 10. The van der Waals surface area contributed by atoms with Crippen molar-refractivity contribution in [2.24, 2.45) is 0 Å². The predicted octanol–water partition coefficient (Wildman–Crippen LogP) is 4.90. The molecule has 218 valence electrons. The lowest BCUT2D eigenvalue weighted by molar-refractivity contribution is -0.116. The highest BCUT2D eigenvalue weighted by Gasteiger charge is 2.22. The fourth-order valence-electron chi connectivity index (χ4n) is 5.08. The molecule has 0 spiro atoms. The molecule has 5 rings (SSSR count). The number of morpholine rings is 1. The van der Waals surface area contributed by atoms with Gasteiger partial charge in [-0.25, -0.2) is 4.98 Å². The zero-order chi connectivity index (χ0) is 28.8. The average molecular weight is 583 g/mol. The molecule has 0 aliphatic carbocycles. The molecule has 2 aliphatic heterocycles. The second kappa shape index (κ2) is 13.3. The molecule has 0 saturated carbocycles. The molecule has 2 aromatic carbocycles. The van der Waals surface area contributed by atoms with E-state index in [1.165, 1.54) is 0 Å². The number of carbonyl (C=O) groups excluding carboxylic acids is 1. The van der Waals surface area contributed by atoms with Crippen molar-refractivity contribution < 1.29 is 23.7 Å². The van der Waals surface area contributed by atoms with Gasteiger partial charge < -0.3 is 39.8 Å². The molecule has 1 saturated heterocycles. The number of nitrogens with zero attached hydrogens (tertiary/aromatic N) is 3. The molecule has 2 aliphatic rings. The van der Waals surface area contributed by atoms with E-state index in [1.54, 1.807) is 27.5 Å². The highest BCUT2D eigenvalue weighted by atomic mass is 35.5. The summed E-state index contributed by atoms with van der Waals surface area (Å²) in [6.07, 6.45) is 3.52. The quantitative estimate of drug-likeness (QED) is 0.285. The molecule has 0 unspecified atom stereocenters. The molecule has 3 aromatic rings. The summed E-state index contributed by atoms with van der Waals surface area (Å²) in [6, 6.07) is 9.77. The lowest BCUT2D eigenvalue weighted by Gasteiger charge is -2.29. The highest BCUT2D eigenvalue weighted by molar-refractivity contribution is 6.33. The van der Waals surface area contributed by atoms with Crippen LogP contribution in [0.1, 0.15) is 24.0 Å². The van der Waals surface area contributed by atoms with E-state index in [1.807, 2.05) is 30.3 Å². The molecule has 3 heterocycles. The second-order valence-corrected chi connectivity index (χ2v) is 10.2. The van der Waals surface area contributed by atoms with Gasteiger partial charge in [0.25, 0.3) is 0 Å². The molecular formula is C29H35ClN6O5. The van der Waals surface area contributed by atoms with Crippen LogP contribution in [-0.2, 0) is 31.8 Å². The Morgan fingerprint density at radius 2 is 1.85 bits per heavy atom. The number of amides is 1. The summed E-state index contributed by atoms with van der Waals surface area (Å²) in [5, 5.41) is 10.0. The molecule has 0 atom stereocenters. The maximum absolute atomic E-state index is 12.2. The average Bonchev–Trinajstić information content (AvgIpc) is 3.19. The molecule has 0 radical (unpaired) electrons. The van der Waals surface area contributed by atoms with Crippen molar-refractivity contribution in [1.29, 1.82) is 0 Å². The number of ether oxygens (including phenoxy) is 4. The SMILES string of the molecule is COc1cc(N2CCOCC2)ccc1Nc1nc(Nc2ccc3c(c2CC(OC)OC)CCCC(=O)N3)ncc1Cl. The van der Waals surface area contributed by atoms with E-state index in [-0.39, 0.29) is 5.91 Å². The summed E-state index contributed by atoms with van der Waals surface area (Å²) >= 11 is 6.51. The summed E-state index contributed by atoms with van der Waals surface area (Å²) in [5.74, 6) is 1.46. The van der Waals surface area contributed by atoms with Crippen LogP contribution in [0.25, 0.3) is 0 Å². The third-order valence-electron chi connectivity index (χ3n) is 7.24. The van der Waals surface area contributed by atoms with Crippen LogP contribution >= 0.6 is 11.6 Å². The summed E-state index contributed by atoms with van der Waals surface area (Å²) < 4.78 is 22.2. The maximum Gasteiger partial charge on any atom is 0.229 e. The van der Waals surface area contributed by atoms with E-state index in [0.29, 0.717) is 48.6 Å². The Kier molecular flexibility index (Phi) is 9.40. The zero-order valence-corrected chi connectivity index (χ0v) is 24.2. The van der Waals surface area contributed by atoms with E-state index in [4.69, 9.17) is 30.5 Å². The summed E-state index contributed by atoms with van der Waals surface area (Å²) in [7, 11) is 4.84. The first kappa shape index (κ1) is 28.9. The maximum atomic E-state index is 12.2. The fraction of sp³-hybridized carbons (Fsp3) is 0.414. The van der Waals surface area contributed by atoms with Crippen molar-refractivity contribution in [2.75, 3.05) is 68.5 Å². The second-order valence-electron chi connectivity index (χ2n) is 9.75. The Labute approximate surface area is 244 Å². The largest absolute Gasteiger partial charge is 0.494 e. The van der Waals surface area contributed by atoms with Gasteiger partial charge in [-0.1, -0.05) is 11.6 Å². The Balaban J connectivity index is 1.42. The minimum atomic E-state index is -0.461. The van der Waals surface area contributed by atoms with Gasteiger partial charge in [-0.15, -0.1) is 0 Å². The summed E-state index contributed by atoms with van der Waals surface area (Å²) in [5.41, 5.74) is 5.37. The fourth-order valence-corrected chi connectivity index (χ4v) is 5.22. The molecule has 12 heteroatoms. The number of hydrogen-bond donors (Lipinski definition) is 3. The molecular weight excluding hydrogens is 548 g/mol. The van der Waals surface area contributed by atoms with Crippen LogP contribution in [0.5, 0.6) is 5.75 Å². The molecule has 1 fully saturated rings. The third-order valence-corrected chi connectivity index (χ3v) is 7.51. The van der Waals surface area contributed by atoms with Gasteiger partial charge in [0.05, 0.1) is 32.2 Å². The van der Waals surface area contributed by atoms with Gasteiger partial charge >= 0.3 is 0 Å². The first-order chi connectivity index (χ1) is 20.0. The number of rotatable bonds is 10. The molecule has 41 heavy (non-hydrogen) atoms. The number of carbonyl (C=O) groups is 1. The Morgan fingerprint density at radius 1 is 1.07 bits per heavy atom. The molecule has 1 amide bonds.